The van der Waals surface area contributed by atoms with Gasteiger partial charge < -0.3 is 9.47 Å². The average molecular weight is 315 g/mol. The standard InChI is InChI=1S/C19H25NO3/c1-21-17-9-8-14(12-18(17)22-15-6-2-3-7-15)16-13-19(23-20-16)10-4-5-11-19/h8-9,12-13,15,20H,2-7,10-11H2,1H3. The highest BCUT2D eigenvalue weighted by Crippen LogP contribution is 2.41. The molecule has 2 fully saturated rings. The third-order valence-corrected chi connectivity index (χ3v) is 5.29. The van der Waals surface area contributed by atoms with Crippen LogP contribution in [0.1, 0.15) is 56.9 Å². The van der Waals surface area contributed by atoms with Crippen LogP contribution in [0.15, 0.2) is 24.3 Å². The van der Waals surface area contributed by atoms with Crippen molar-refractivity contribution in [2.24, 2.45) is 0 Å². The summed E-state index contributed by atoms with van der Waals surface area (Å²) in [6.07, 6.45) is 12.1. The predicted molar refractivity (Wildman–Crippen MR) is 89.3 cm³/mol. The van der Waals surface area contributed by atoms with E-state index in [4.69, 9.17) is 14.3 Å². The van der Waals surface area contributed by atoms with Gasteiger partial charge in [-0.15, -0.1) is 0 Å². The van der Waals surface area contributed by atoms with E-state index < -0.39 is 0 Å². The fourth-order valence-electron chi connectivity index (χ4n) is 3.96. The minimum absolute atomic E-state index is 0.0955. The number of rotatable bonds is 4. The minimum Gasteiger partial charge on any atom is -0.493 e. The first kappa shape index (κ1) is 14.9. The van der Waals surface area contributed by atoms with Crippen molar-refractivity contribution >= 4 is 5.70 Å². The molecule has 1 aromatic carbocycles. The van der Waals surface area contributed by atoms with Crippen molar-refractivity contribution in [2.45, 2.75) is 63.1 Å². The first-order valence-corrected chi connectivity index (χ1v) is 8.80. The normalized spacial score (nSPS) is 23.1. The number of hydrogen-bond acceptors (Lipinski definition) is 4. The van der Waals surface area contributed by atoms with Gasteiger partial charge in [0, 0.05) is 5.56 Å². The quantitative estimate of drug-likeness (QED) is 0.903. The van der Waals surface area contributed by atoms with E-state index in [1.807, 2.05) is 6.07 Å². The van der Waals surface area contributed by atoms with Crippen LogP contribution in [0.5, 0.6) is 11.5 Å². The summed E-state index contributed by atoms with van der Waals surface area (Å²) < 4.78 is 11.7. The predicted octanol–water partition coefficient (Wildman–Crippen LogP) is 4.21. The van der Waals surface area contributed by atoms with E-state index in [0.717, 1.165) is 48.4 Å². The highest BCUT2D eigenvalue weighted by atomic mass is 16.7. The number of hydroxylamine groups is 1. The van der Waals surface area contributed by atoms with Crippen LogP contribution in [0.4, 0.5) is 0 Å². The zero-order chi connectivity index (χ0) is 15.7. The lowest BCUT2D eigenvalue weighted by Crippen LogP contribution is -2.25. The molecule has 1 aromatic rings. The molecule has 0 unspecified atom stereocenters. The van der Waals surface area contributed by atoms with Crippen LogP contribution in [0.3, 0.4) is 0 Å². The first-order valence-electron chi connectivity index (χ1n) is 8.80. The smallest absolute Gasteiger partial charge is 0.162 e. The fourth-order valence-corrected chi connectivity index (χ4v) is 3.96. The van der Waals surface area contributed by atoms with Crippen molar-refractivity contribution in [1.29, 1.82) is 0 Å². The lowest BCUT2D eigenvalue weighted by atomic mass is 10.00. The number of ether oxygens (including phenoxy) is 2. The maximum absolute atomic E-state index is 6.19. The highest BCUT2D eigenvalue weighted by Gasteiger charge is 2.38. The molecule has 0 atom stereocenters. The molecule has 0 saturated heterocycles. The van der Waals surface area contributed by atoms with Crippen molar-refractivity contribution in [2.75, 3.05) is 7.11 Å². The Morgan fingerprint density at radius 1 is 1.09 bits per heavy atom. The molecule has 3 aliphatic rings. The molecule has 4 rings (SSSR count). The fraction of sp³-hybridized carbons (Fsp3) is 0.579. The molecule has 4 heteroatoms. The van der Waals surface area contributed by atoms with Crippen LogP contribution in [0.2, 0.25) is 0 Å². The third kappa shape index (κ3) is 2.92. The van der Waals surface area contributed by atoms with Gasteiger partial charge in [0.2, 0.25) is 0 Å². The van der Waals surface area contributed by atoms with Gasteiger partial charge in [-0.05, 0) is 62.8 Å². The van der Waals surface area contributed by atoms with E-state index in [2.05, 4.69) is 23.7 Å². The summed E-state index contributed by atoms with van der Waals surface area (Å²) in [6.45, 7) is 0. The van der Waals surface area contributed by atoms with Gasteiger partial charge >= 0.3 is 0 Å². The van der Waals surface area contributed by atoms with E-state index in [0.29, 0.717) is 6.10 Å². The van der Waals surface area contributed by atoms with Crippen molar-refractivity contribution in [3.8, 4) is 11.5 Å². The molecule has 2 saturated carbocycles. The molecule has 23 heavy (non-hydrogen) atoms. The molecule has 4 nitrogen and oxygen atoms in total. The zero-order valence-corrected chi connectivity index (χ0v) is 13.8. The lowest BCUT2D eigenvalue weighted by Gasteiger charge is -2.17. The van der Waals surface area contributed by atoms with Gasteiger partial charge in [0.1, 0.15) is 5.60 Å². The van der Waals surface area contributed by atoms with Gasteiger partial charge in [-0.1, -0.05) is 12.8 Å². The van der Waals surface area contributed by atoms with Gasteiger partial charge in [0.15, 0.2) is 11.5 Å². The van der Waals surface area contributed by atoms with Crippen LogP contribution >= 0.6 is 0 Å². The molecule has 124 valence electrons. The second-order valence-corrected chi connectivity index (χ2v) is 6.92. The lowest BCUT2D eigenvalue weighted by molar-refractivity contribution is -0.0289. The van der Waals surface area contributed by atoms with Crippen molar-refractivity contribution in [1.82, 2.24) is 5.48 Å². The zero-order valence-electron chi connectivity index (χ0n) is 13.8. The van der Waals surface area contributed by atoms with Crippen LogP contribution in [-0.2, 0) is 4.84 Å². The molecule has 0 amide bonds. The monoisotopic (exact) mass is 315 g/mol. The summed E-state index contributed by atoms with van der Waals surface area (Å²) in [5, 5.41) is 0. The highest BCUT2D eigenvalue weighted by molar-refractivity contribution is 5.68. The third-order valence-electron chi connectivity index (χ3n) is 5.29. The Morgan fingerprint density at radius 3 is 2.61 bits per heavy atom. The number of hydrogen-bond donors (Lipinski definition) is 1. The van der Waals surface area contributed by atoms with Gasteiger partial charge in [-0.2, -0.15) is 0 Å². The summed E-state index contributed by atoms with van der Waals surface area (Å²) >= 11 is 0. The second-order valence-electron chi connectivity index (χ2n) is 6.92. The summed E-state index contributed by atoms with van der Waals surface area (Å²) in [4.78, 5) is 5.88. The largest absolute Gasteiger partial charge is 0.493 e. The summed E-state index contributed by atoms with van der Waals surface area (Å²) in [5.74, 6) is 1.64. The Morgan fingerprint density at radius 2 is 1.87 bits per heavy atom. The van der Waals surface area contributed by atoms with E-state index in [1.165, 1.54) is 25.7 Å². The van der Waals surface area contributed by atoms with E-state index in [1.54, 1.807) is 7.11 Å². The van der Waals surface area contributed by atoms with Gasteiger partial charge in [0.05, 0.1) is 18.9 Å². The van der Waals surface area contributed by atoms with E-state index in [9.17, 15) is 0 Å². The van der Waals surface area contributed by atoms with Crippen molar-refractivity contribution in [3.63, 3.8) is 0 Å². The van der Waals surface area contributed by atoms with Crippen LogP contribution in [-0.4, -0.2) is 18.8 Å². The molecular formula is C19H25NO3. The molecular weight excluding hydrogens is 290 g/mol. The number of nitrogens with one attached hydrogen (secondary N) is 1. The Balaban J connectivity index is 1.59. The van der Waals surface area contributed by atoms with Crippen molar-refractivity contribution in [3.05, 3.63) is 29.8 Å². The Bertz CT molecular complexity index is 599. The molecule has 0 bridgehead atoms. The molecule has 1 N–H and O–H groups in total. The second kappa shape index (κ2) is 6.08. The Labute approximate surface area is 137 Å². The van der Waals surface area contributed by atoms with Crippen molar-refractivity contribution < 1.29 is 14.3 Å². The number of benzene rings is 1. The Kier molecular flexibility index (Phi) is 3.93. The van der Waals surface area contributed by atoms with Gasteiger partial charge in [-0.25, -0.2) is 0 Å². The summed E-state index contributed by atoms with van der Waals surface area (Å²) in [7, 11) is 1.69. The Hall–Kier alpha value is -1.68. The molecule has 1 heterocycles. The summed E-state index contributed by atoms with van der Waals surface area (Å²) in [5.41, 5.74) is 5.18. The SMILES string of the molecule is COc1ccc(C2=CC3(CCCC3)ON2)cc1OC1CCCC1. The topological polar surface area (TPSA) is 39.7 Å². The summed E-state index contributed by atoms with van der Waals surface area (Å²) in [6, 6.07) is 6.13. The molecule has 2 aliphatic carbocycles. The maximum Gasteiger partial charge on any atom is 0.162 e. The van der Waals surface area contributed by atoms with Crippen LogP contribution < -0.4 is 15.0 Å². The van der Waals surface area contributed by atoms with E-state index in [-0.39, 0.29) is 5.60 Å². The molecule has 0 aromatic heterocycles. The van der Waals surface area contributed by atoms with Crippen LogP contribution in [0.25, 0.3) is 5.70 Å². The number of methoxy groups -OCH3 is 1. The van der Waals surface area contributed by atoms with Gasteiger partial charge in [-0.3, -0.25) is 10.3 Å². The van der Waals surface area contributed by atoms with Gasteiger partial charge in [0.25, 0.3) is 0 Å². The molecule has 1 aliphatic heterocycles. The minimum atomic E-state index is -0.0955. The van der Waals surface area contributed by atoms with Crippen LogP contribution in [0, 0.1) is 0 Å². The van der Waals surface area contributed by atoms with E-state index >= 15 is 0 Å². The maximum atomic E-state index is 6.19. The molecule has 0 radical (unpaired) electrons. The average Bonchev–Trinajstić information content (AvgIpc) is 3.32. The first-order chi connectivity index (χ1) is 11.3. The molecule has 1 spiro atoms.